The van der Waals surface area contributed by atoms with Gasteiger partial charge in [0.15, 0.2) is 0 Å². The van der Waals surface area contributed by atoms with E-state index in [9.17, 15) is 32.5 Å². The Bertz CT molecular complexity index is 837. The molecule has 0 aromatic heterocycles. The maximum Gasteiger partial charge on any atom is 0.416 e. The lowest BCUT2D eigenvalue weighted by molar-refractivity contribution is -0.384. The zero-order valence-electron chi connectivity index (χ0n) is 12.6. The van der Waals surface area contributed by atoms with Crippen molar-refractivity contribution in [1.29, 1.82) is 0 Å². The molecule has 0 bridgehead atoms. The van der Waals surface area contributed by atoms with Crippen LogP contribution in [0.25, 0.3) is 0 Å². The molecule has 0 unspecified atom stereocenters. The third-order valence-corrected chi connectivity index (χ3v) is 3.27. The standard InChI is InChI=1S/C15H11F4N3O3/c1-8-2-3-9(6-11(8)16)14(23)21-20-12-5-4-10(15(17,18)19)7-13(12)22(24)25/h2-7,20H,1H3,(H,21,23). The molecular weight excluding hydrogens is 346 g/mol. The molecule has 10 heteroatoms. The van der Waals surface area contributed by atoms with Gasteiger partial charge in [0.1, 0.15) is 11.5 Å². The van der Waals surface area contributed by atoms with Crippen LogP contribution in [0.1, 0.15) is 21.5 Å². The molecule has 6 nitrogen and oxygen atoms in total. The number of nitrogens with zero attached hydrogens (tertiary/aromatic N) is 1. The Labute approximate surface area is 138 Å². The van der Waals surface area contributed by atoms with Crippen molar-refractivity contribution < 1.29 is 27.3 Å². The second-order valence-corrected chi connectivity index (χ2v) is 5.03. The SMILES string of the molecule is Cc1ccc(C(=O)NNc2ccc(C(F)(F)F)cc2[N+](=O)[O-])cc1F. The molecule has 0 spiro atoms. The van der Waals surface area contributed by atoms with Gasteiger partial charge < -0.3 is 0 Å². The van der Waals surface area contributed by atoms with Crippen molar-refractivity contribution in [3.63, 3.8) is 0 Å². The highest BCUT2D eigenvalue weighted by Gasteiger charge is 2.33. The molecule has 0 saturated carbocycles. The molecule has 0 heterocycles. The summed E-state index contributed by atoms with van der Waals surface area (Å²) in [5.41, 5.74) is 2.09. The molecule has 25 heavy (non-hydrogen) atoms. The van der Waals surface area contributed by atoms with Gasteiger partial charge in [-0.05, 0) is 36.8 Å². The lowest BCUT2D eigenvalue weighted by Gasteiger charge is -2.11. The van der Waals surface area contributed by atoms with Crippen LogP contribution >= 0.6 is 0 Å². The van der Waals surface area contributed by atoms with Crippen LogP contribution in [-0.4, -0.2) is 10.8 Å². The van der Waals surface area contributed by atoms with E-state index in [1.807, 2.05) is 0 Å². The molecule has 0 fully saturated rings. The van der Waals surface area contributed by atoms with Crippen molar-refractivity contribution in [2.75, 3.05) is 5.43 Å². The summed E-state index contributed by atoms with van der Waals surface area (Å²) < 4.78 is 51.3. The average Bonchev–Trinajstić information content (AvgIpc) is 2.54. The van der Waals surface area contributed by atoms with E-state index in [0.29, 0.717) is 17.7 Å². The highest BCUT2D eigenvalue weighted by molar-refractivity contribution is 5.95. The van der Waals surface area contributed by atoms with E-state index >= 15 is 0 Å². The smallest absolute Gasteiger partial charge is 0.292 e. The number of rotatable bonds is 4. The van der Waals surface area contributed by atoms with E-state index in [1.54, 1.807) is 0 Å². The fraction of sp³-hybridized carbons (Fsp3) is 0.133. The number of hydrazine groups is 1. The Hall–Kier alpha value is -3.17. The van der Waals surface area contributed by atoms with Gasteiger partial charge in [-0.3, -0.25) is 25.8 Å². The van der Waals surface area contributed by atoms with Crippen LogP contribution in [-0.2, 0) is 6.18 Å². The zero-order valence-corrected chi connectivity index (χ0v) is 12.6. The van der Waals surface area contributed by atoms with E-state index in [1.165, 1.54) is 19.1 Å². The fourth-order valence-electron chi connectivity index (χ4n) is 1.90. The van der Waals surface area contributed by atoms with Gasteiger partial charge in [-0.15, -0.1) is 0 Å². The zero-order chi connectivity index (χ0) is 18.8. The van der Waals surface area contributed by atoms with Crippen LogP contribution in [0.2, 0.25) is 0 Å². The molecule has 0 aliphatic heterocycles. The van der Waals surface area contributed by atoms with Gasteiger partial charge in [-0.25, -0.2) is 4.39 Å². The Morgan fingerprint density at radius 1 is 1.16 bits per heavy atom. The van der Waals surface area contributed by atoms with Gasteiger partial charge in [0.2, 0.25) is 0 Å². The number of amides is 1. The maximum absolute atomic E-state index is 13.4. The number of nitro benzene ring substituents is 1. The molecule has 0 atom stereocenters. The molecule has 0 saturated heterocycles. The highest BCUT2D eigenvalue weighted by atomic mass is 19.4. The first kappa shape index (κ1) is 18.2. The first-order valence-corrected chi connectivity index (χ1v) is 6.77. The summed E-state index contributed by atoms with van der Waals surface area (Å²) in [5, 5.41) is 10.9. The van der Waals surface area contributed by atoms with Crippen molar-refractivity contribution in [3.8, 4) is 0 Å². The molecule has 0 aliphatic rings. The molecule has 2 aromatic rings. The van der Waals surface area contributed by atoms with Crippen molar-refractivity contribution in [3.05, 3.63) is 69.0 Å². The lowest BCUT2D eigenvalue weighted by Crippen LogP contribution is -2.29. The summed E-state index contributed by atoms with van der Waals surface area (Å²) in [6.07, 6.45) is -4.74. The summed E-state index contributed by atoms with van der Waals surface area (Å²) in [7, 11) is 0. The number of carbonyl (C=O) groups is 1. The number of hydrogen-bond donors (Lipinski definition) is 2. The van der Waals surface area contributed by atoms with Crippen molar-refractivity contribution in [2.24, 2.45) is 0 Å². The van der Waals surface area contributed by atoms with Gasteiger partial charge in [-0.2, -0.15) is 13.2 Å². The monoisotopic (exact) mass is 357 g/mol. The number of nitrogens with one attached hydrogen (secondary N) is 2. The minimum absolute atomic E-state index is 0.0647. The van der Waals surface area contributed by atoms with E-state index < -0.39 is 34.1 Å². The van der Waals surface area contributed by atoms with Crippen LogP contribution in [0.15, 0.2) is 36.4 Å². The Kier molecular flexibility index (Phi) is 4.91. The van der Waals surface area contributed by atoms with Gasteiger partial charge in [-0.1, -0.05) is 6.07 Å². The summed E-state index contributed by atoms with van der Waals surface area (Å²) in [6, 6.07) is 5.46. The predicted molar refractivity (Wildman–Crippen MR) is 80.3 cm³/mol. The summed E-state index contributed by atoms with van der Waals surface area (Å²) in [5.74, 6) is -1.43. The van der Waals surface area contributed by atoms with E-state index in [2.05, 4.69) is 10.9 Å². The first-order valence-electron chi connectivity index (χ1n) is 6.77. The van der Waals surface area contributed by atoms with E-state index in [-0.39, 0.29) is 11.3 Å². The number of alkyl halides is 3. The van der Waals surface area contributed by atoms with Crippen LogP contribution in [0.5, 0.6) is 0 Å². The van der Waals surface area contributed by atoms with Gasteiger partial charge in [0.25, 0.3) is 11.6 Å². The van der Waals surface area contributed by atoms with Crippen LogP contribution in [0.4, 0.5) is 28.9 Å². The normalized spacial score (nSPS) is 11.1. The van der Waals surface area contributed by atoms with Crippen molar-refractivity contribution >= 4 is 17.3 Å². The molecule has 2 aromatic carbocycles. The average molecular weight is 357 g/mol. The predicted octanol–water partition coefficient (Wildman–Crippen LogP) is 3.82. The minimum Gasteiger partial charge on any atom is -0.292 e. The van der Waals surface area contributed by atoms with Crippen LogP contribution < -0.4 is 10.9 Å². The van der Waals surface area contributed by atoms with Gasteiger partial charge >= 0.3 is 6.18 Å². The lowest BCUT2D eigenvalue weighted by atomic mass is 10.1. The quantitative estimate of drug-likeness (QED) is 0.495. The summed E-state index contributed by atoms with van der Waals surface area (Å²) in [6.45, 7) is 1.50. The third-order valence-electron chi connectivity index (χ3n) is 3.27. The van der Waals surface area contributed by atoms with E-state index in [0.717, 1.165) is 12.1 Å². The number of carbonyl (C=O) groups excluding carboxylic acids is 1. The fourth-order valence-corrected chi connectivity index (χ4v) is 1.90. The van der Waals surface area contributed by atoms with E-state index in [4.69, 9.17) is 0 Å². The Morgan fingerprint density at radius 3 is 2.40 bits per heavy atom. The third kappa shape index (κ3) is 4.22. The van der Waals surface area contributed by atoms with Gasteiger partial charge in [0, 0.05) is 11.6 Å². The summed E-state index contributed by atoms with van der Waals surface area (Å²) in [4.78, 5) is 21.8. The Morgan fingerprint density at radius 2 is 1.84 bits per heavy atom. The number of nitro groups is 1. The number of anilines is 1. The minimum atomic E-state index is -4.74. The molecule has 0 radical (unpaired) electrons. The Balaban J connectivity index is 2.20. The molecule has 2 N–H and O–H groups in total. The largest absolute Gasteiger partial charge is 0.416 e. The van der Waals surface area contributed by atoms with Crippen LogP contribution in [0.3, 0.4) is 0 Å². The second kappa shape index (κ2) is 6.75. The second-order valence-electron chi connectivity index (χ2n) is 5.03. The maximum atomic E-state index is 13.4. The number of benzene rings is 2. The summed E-state index contributed by atoms with van der Waals surface area (Å²) >= 11 is 0. The topological polar surface area (TPSA) is 84.3 Å². The molecule has 2 rings (SSSR count). The number of hydrogen-bond acceptors (Lipinski definition) is 4. The first-order chi connectivity index (χ1) is 11.6. The van der Waals surface area contributed by atoms with Crippen LogP contribution in [0, 0.1) is 22.9 Å². The van der Waals surface area contributed by atoms with Crippen molar-refractivity contribution in [2.45, 2.75) is 13.1 Å². The highest BCUT2D eigenvalue weighted by Crippen LogP contribution is 2.34. The molecule has 132 valence electrons. The molecule has 1 amide bonds. The molecular formula is C15H11F4N3O3. The van der Waals surface area contributed by atoms with Gasteiger partial charge in [0.05, 0.1) is 10.5 Å². The number of aryl methyl sites for hydroxylation is 1. The number of halogens is 4. The van der Waals surface area contributed by atoms with Crippen molar-refractivity contribution in [1.82, 2.24) is 5.43 Å². The molecule has 0 aliphatic carbocycles.